The van der Waals surface area contributed by atoms with Gasteiger partial charge in [-0.15, -0.1) is 0 Å². The number of nitrogens with one attached hydrogen (secondary N) is 2. The molecule has 0 unspecified atom stereocenters. The van der Waals surface area contributed by atoms with Crippen LogP contribution in [0.2, 0.25) is 5.15 Å². The predicted octanol–water partition coefficient (Wildman–Crippen LogP) is 2.39. The van der Waals surface area contributed by atoms with E-state index in [1.165, 1.54) is 25.3 Å². The molecule has 1 aromatic heterocycles. The molecule has 0 aliphatic carbocycles. The van der Waals surface area contributed by atoms with E-state index in [0.29, 0.717) is 12.0 Å². The summed E-state index contributed by atoms with van der Waals surface area (Å²) < 4.78 is 37.4. The van der Waals surface area contributed by atoms with E-state index in [1.54, 1.807) is 19.9 Å². The molecule has 0 spiro atoms. The normalized spacial score (nSPS) is 10.9. The summed E-state index contributed by atoms with van der Waals surface area (Å²) >= 11 is 5.79. The van der Waals surface area contributed by atoms with E-state index in [2.05, 4.69) is 15.3 Å². The number of esters is 1. The van der Waals surface area contributed by atoms with Crippen molar-refractivity contribution in [1.82, 2.24) is 14.7 Å². The zero-order valence-electron chi connectivity index (χ0n) is 15.9. The van der Waals surface area contributed by atoms with E-state index in [-0.39, 0.29) is 34.0 Å². The Hall–Kier alpha value is -2.92. The number of aromatic nitrogens is 2. The molecule has 29 heavy (non-hydrogen) atoms. The van der Waals surface area contributed by atoms with E-state index in [1.807, 2.05) is 4.72 Å². The first-order valence-corrected chi connectivity index (χ1v) is 10.3. The largest absolute Gasteiger partial charge is 0.481 e. The van der Waals surface area contributed by atoms with Crippen LogP contribution in [0.25, 0.3) is 0 Å². The van der Waals surface area contributed by atoms with Crippen LogP contribution in [0, 0.1) is 0 Å². The molecule has 0 aliphatic rings. The van der Waals surface area contributed by atoms with Crippen LogP contribution >= 0.6 is 11.6 Å². The summed E-state index contributed by atoms with van der Waals surface area (Å²) in [7, 11) is -3.09. The Bertz CT molecular complexity index is 1030. The van der Waals surface area contributed by atoms with Crippen LogP contribution in [-0.4, -0.2) is 44.1 Å². The predicted molar refractivity (Wildman–Crippen MR) is 105 cm³/mol. The molecule has 0 radical (unpaired) electrons. The first kappa shape index (κ1) is 22.4. The molecule has 2 N–H and O–H groups in total. The number of benzene rings is 1. The maximum Gasteiger partial charge on any atom is 0.339 e. The van der Waals surface area contributed by atoms with Crippen LogP contribution in [0.3, 0.4) is 0 Å². The molecule has 0 aliphatic heterocycles. The second-order valence-corrected chi connectivity index (χ2v) is 7.49. The van der Waals surface area contributed by atoms with Gasteiger partial charge in [0, 0.05) is 6.07 Å². The highest BCUT2D eigenvalue weighted by Gasteiger charge is 2.28. The quantitative estimate of drug-likeness (QED) is 0.492. The first-order chi connectivity index (χ1) is 13.7. The Morgan fingerprint density at radius 3 is 2.55 bits per heavy atom. The minimum absolute atomic E-state index is 0.0177. The first-order valence-electron chi connectivity index (χ1n) is 8.43. The Kier molecular flexibility index (Phi) is 7.35. The number of ether oxygens (including phenoxy) is 2. The number of nitrogens with zero attached hydrogens (tertiary/aromatic N) is 2. The van der Waals surface area contributed by atoms with Crippen LogP contribution < -0.4 is 14.8 Å². The molecule has 0 bridgehead atoms. The lowest BCUT2D eigenvalue weighted by Crippen LogP contribution is -2.36. The number of anilines is 1. The van der Waals surface area contributed by atoms with Crippen molar-refractivity contribution in [2.75, 3.05) is 19.0 Å². The SMILES string of the molecule is CCOC(=O)c1cccc(CC)c1S(=O)(=O)NC(=O)Nc1nc(Cl)cc(OC)n1. The minimum Gasteiger partial charge on any atom is -0.481 e. The molecular formula is C17H19ClN4O6S. The summed E-state index contributed by atoms with van der Waals surface area (Å²) in [6.07, 6.45) is 0.305. The van der Waals surface area contributed by atoms with Gasteiger partial charge in [0.1, 0.15) is 10.0 Å². The van der Waals surface area contributed by atoms with Crippen LogP contribution in [0.4, 0.5) is 10.7 Å². The second-order valence-electron chi connectivity index (χ2n) is 5.48. The maximum atomic E-state index is 12.9. The topological polar surface area (TPSA) is 137 Å². The third-order valence-electron chi connectivity index (χ3n) is 3.57. The number of methoxy groups -OCH3 is 1. The lowest BCUT2D eigenvalue weighted by Gasteiger charge is -2.14. The molecule has 1 aromatic carbocycles. The Morgan fingerprint density at radius 2 is 1.93 bits per heavy atom. The van der Waals surface area contributed by atoms with Crippen LogP contribution in [0.5, 0.6) is 5.88 Å². The number of amides is 2. The molecule has 0 saturated heterocycles. The number of urea groups is 1. The zero-order valence-corrected chi connectivity index (χ0v) is 17.4. The second kappa shape index (κ2) is 9.52. The number of sulfonamides is 1. The van der Waals surface area contributed by atoms with E-state index < -0.39 is 22.0 Å². The summed E-state index contributed by atoms with van der Waals surface area (Å²) in [5.41, 5.74) is 0.170. The average molecular weight is 443 g/mol. The fraction of sp³-hybridized carbons (Fsp3) is 0.294. The zero-order chi connectivity index (χ0) is 21.6. The van der Waals surface area contributed by atoms with Crippen molar-refractivity contribution < 1.29 is 27.5 Å². The van der Waals surface area contributed by atoms with Gasteiger partial charge in [0.05, 0.1) is 19.3 Å². The number of rotatable bonds is 7. The van der Waals surface area contributed by atoms with Crippen LogP contribution in [-0.2, 0) is 21.2 Å². The highest BCUT2D eigenvalue weighted by atomic mass is 35.5. The molecule has 2 aromatic rings. The Balaban J connectivity index is 2.35. The van der Waals surface area contributed by atoms with Crippen molar-refractivity contribution in [3.8, 4) is 5.88 Å². The fourth-order valence-corrected chi connectivity index (χ4v) is 3.98. The van der Waals surface area contributed by atoms with Gasteiger partial charge < -0.3 is 9.47 Å². The summed E-state index contributed by atoms with van der Waals surface area (Å²) in [6, 6.07) is 4.56. The summed E-state index contributed by atoms with van der Waals surface area (Å²) in [6.45, 7) is 3.38. The third-order valence-corrected chi connectivity index (χ3v) is 5.24. The van der Waals surface area contributed by atoms with Crippen molar-refractivity contribution in [3.63, 3.8) is 0 Å². The molecule has 0 atom stereocenters. The van der Waals surface area contributed by atoms with Gasteiger partial charge >= 0.3 is 12.0 Å². The van der Waals surface area contributed by atoms with Gasteiger partial charge in [-0.1, -0.05) is 30.7 Å². The Morgan fingerprint density at radius 1 is 1.21 bits per heavy atom. The van der Waals surface area contributed by atoms with Gasteiger partial charge in [-0.05, 0) is 25.0 Å². The lowest BCUT2D eigenvalue weighted by atomic mass is 10.1. The molecule has 1 heterocycles. The summed E-state index contributed by atoms with van der Waals surface area (Å²) in [5, 5.41) is 2.14. The molecule has 0 saturated carbocycles. The molecule has 0 fully saturated rings. The number of hydrogen-bond acceptors (Lipinski definition) is 8. The molecule has 12 heteroatoms. The van der Waals surface area contributed by atoms with E-state index in [0.717, 1.165) is 0 Å². The monoisotopic (exact) mass is 442 g/mol. The lowest BCUT2D eigenvalue weighted by molar-refractivity contribution is 0.0521. The van der Waals surface area contributed by atoms with Gasteiger partial charge in [-0.25, -0.2) is 27.7 Å². The van der Waals surface area contributed by atoms with Gasteiger partial charge in [0.25, 0.3) is 10.0 Å². The highest BCUT2D eigenvalue weighted by Crippen LogP contribution is 2.23. The molecular weight excluding hydrogens is 424 g/mol. The fourth-order valence-electron chi connectivity index (χ4n) is 2.41. The number of halogens is 1. The van der Waals surface area contributed by atoms with Crippen LogP contribution in [0.15, 0.2) is 29.2 Å². The number of aryl methyl sites for hydroxylation is 1. The van der Waals surface area contributed by atoms with E-state index in [9.17, 15) is 18.0 Å². The summed E-state index contributed by atoms with van der Waals surface area (Å²) in [5.74, 6) is -1.01. The molecule has 2 rings (SSSR count). The molecule has 156 valence electrons. The summed E-state index contributed by atoms with van der Waals surface area (Å²) in [4.78, 5) is 31.7. The maximum absolute atomic E-state index is 12.9. The Labute approximate surface area is 172 Å². The minimum atomic E-state index is -4.42. The van der Waals surface area contributed by atoms with E-state index >= 15 is 0 Å². The number of hydrogen-bond donors (Lipinski definition) is 2. The highest BCUT2D eigenvalue weighted by molar-refractivity contribution is 7.90. The van der Waals surface area contributed by atoms with Crippen molar-refractivity contribution in [2.45, 2.75) is 25.2 Å². The van der Waals surface area contributed by atoms with Crippen molar-refractivity contribution in [3.05, 3.63) is 40.5 Å². The number of carbonyl (C=O) groups excluding carboxylic acids is 2. The van der Waals surface area contributed by atoms with Gasteiger partial charge in [0.15, 0.2) is 0 Å². The van der Waals surface area contributed by atoms with Crippen molar-refractivity contribution >= 4 is 39.6 Å². The van der Waals surface area contributed by atoms with Crippen molar-refractivity contribution in [2.24, 2.45) is 0 Å². The van der Waals surface area contributed by atoms with Gasteiger partial charge in [0.2, 0.25) is 11.8 Å². The number of carbonyl (C=O) groups is 2. The molecule has 2 amide bonds. The molecule has 10 nitrogen and oxygen atoms in total. The smallest absolute Gasteiger partial charge is 0.339 e. The van der Waals surface area contributed by atoms with Gasteiger partial charge in [-0.3, -0.25) is 5.32 Å². The average Bonchev–Trinajstić information content (AvgIpc) is 2.66. The van der Waals surface area contributed by atoms with Gasteiger partial charge in [-0.2, -0.15) is 4.98 Å². The van der Waals surface area contributed by atoms with Crippen molar-refractivity contribution in [1.29, 1.82) is 0 Å². The van der Waals surface area contributed by atoms with Crippen LogP contribution in [0.1, 0.15) is 29.8 Å². The third kappa shape index (κ3) is 5.55. The standard InChI is InChI=1S/C17H19ClN4O6S/c1-4-10-7-6-8-11(15(23)28-5-2)14(10)29(25,26)22-17(24)21-16-19-12(18)9-13(20-16)27-3/h6-9H,4-5H2,1-3H3,(H2,19,20,21,22,24). The van der Waals surface area contributed by atoms with E-state index in [4.69, 9.17) is 21.1 Å².